The van der Waals surface area contributed by atoms with Gasteiger partial charge in [0.25, 0.3) is 0 Å². The fourth-order valence-corrected chi connectivity index (χ4v) is 3.40. The molecule has 2 rings (SSSR count). The standard InChI is InChI=1S/C18H29N3O2/c1-11-8-13(9-12(2)16(11)19)14-6-7-20-10-15(14)21-17(22)23-18(3,4)5/h6-7,10-13,16H,8-9,19H2,1-5H3,(H,21,22)/t11-,12+,13?,16?. The number of hydrogen-bond acceptors (Lipinski definition) is 4. The molecule has 1 amide bonds. The minimum absolute atomic E-state index is 0.246. The zero-order valence-corrected chi connectivity index (χ0v) is 14.8. The number of nitrogens with zero attached hydrogens (tertiary/aromatic N) is 1. The first-order valence-corrected chi connectivity index (χ1v) is 8.37. The monoisotopic (exact) mass is 319 g/mol. The molecule has 0 spiro atoms. The molecule has 1 aromatic heterocycles. The predicted octanol–water partition coefficient (Wildman–Crippen LogP) is 3.91. The van der Waals surface area contributed by atoms with Crippen molar-refractivity contribution in [3.63, 3.8) is 0 Å². The molecule has 0 aromatic carbocycles. The van der Waals surface area contributed by atoms with E-state index in [0.717, 1.165) is 24.1 Å². The van der Waals surface area contributed by atoms with Crippen LogP contribution in [-0.4, -0.2) is 22.7 Å². The van der Waals surface area contributed by atoms with Crippen LogP contribution in [0.5, 0.6) is 0 Å². The quantitative estimate of drug-likeness (QED) is 0.866. The number of rotatable bonds is 2. The number of anilines is 1. The van der Waals surface area contributed by atoms with E-state index in [0.29, 0.717) is 17.8 Å². The van der Waals surface area contributed by atoms with Gasteiger partial charge in [0.1, 0.15) is 5.60 Å². The van der Waals surface area contributed by atoms with E-state index in [2.05, 4.69) is 24.1 Å². The number of carbonyl (C=O) groups excluding carboxylic acids is 1. The van der Waals surface area contributed by atoms with Gasteiger partial charge in [-0.25, -0.2) is 4.79 Å². The lowest BCUT2D eigenvalue weighted by Crippen LogP contribution is -2.40. The van der Waals surface area contributed by atoms with E-state index in [9.17, 15) is 4.79 Å². The van der Waals surface area contributed by atoms with Crippen LogP contribution in [0.1, 0.15) is 58.9 Å². The van der Waals surface area contributed by atoms with Crippen molar-refractivity contribution >= 4 is 11.8 Å². The number of pyridine rings is 1. The van der Waals surface area contributed by atoms with Crippen LogP contribution in [0.15, 0.2) is 18.5 Å². The zero-order valence-electron chi connectivity index (χ0n) is 14.8. The van der Waals surface area contributed by atoms with Crippen molar-refractivity contribution in [3.05, 3.63) is 24.0 Å². The molecule has 5 heteroatoms. The molecule has 2 unspecified atom stereocenters. The van der Waals surface area contributed by atoms with Gasteiger partial charge in [0.15, 0.2) is 0 Å². The Kier molecular flexibility index (Phi) is 5.30. The first kappa shape index (κ1) is 17.7. The van der Waals surface area contributed by atoms with Crippen LogP contribution >= 0.6 is 0 Å². The summed E-state index contributed by atoms with van der Waals surface area (Å²) in [6.45, 7) is 9.96. The second kappa shape index (κ2) is 6.87. The van der Waals surface area contributed by atoms with Crippen molar-refractivity contribution in [2.24, 2.45) is 17.6 Å². The van der Waals surface area contributed by atoms with E-state index < -0.39 is 11.7 Å². The molecule has 1 aliphatic carbocycles. The second-order valence-corrected chi connectivity index (χ2v) is 7.79. The normalized spacial score (nSPS) is 28.3. The highest BCUT2D eigenvalue weighted by Crippen LogP contribution is 2.40. The Balaban J connectivity index is 2.16. The molecule has 0 bridgehead atoms. The molecule has 4 atom stereocenters. The number of hydrogen-bond donors (Lipinski definition) is 2. The largest absolute Gasteiger partial charge is 0.444 e. The Labute approximate surface area is 139 Å². The molecule has 1 aliphatic rings. The third-order valence-corrected chi connectivity index (χ3v) is 4.56. The Morgan fingerprint density at radius 1 is 1.30 bits per heavy atom. The van der Waals surface area contributed by atoms with Gasteiger partial charge in [0, 0.05) is 12.2 Å². The lowest BCUT2D eigenvalue weighted by molar-refractivity contribution is 0.0635. The molecule has 23 heavy (non-hydrogen) atoms. The van der Waals surface area contributed by atoms with Crippen molar-refractivity contribution in [1.29, 1.82) is 0 Å². The van der Waals surface area contributed by atoms with Crippen molar-refractivity contribution in [2.45, 2.75) is 65.0 Å². The van der Waals surface area contributed by atoms with Crippen LogP contribution in [0.25, 0.3) is 0 Å². The Morgan fingerprint density at radius 2 is 1.91 bits per heavy atom. The smallest absolute Gasteiger partial charge is 0.412 e. The van der Waals surface area contributed by atoms with Crippen LogP contribution in [0.4, 0.5) is 10.5 Å². The van der Waals surface area contributed by atoms with E-state index in [-0.39, 0.29) is 6.04 Å². The highest BCUT2D eigenvalue weighted by Gasteiger charge is 2.32. The molecular formula is C18H29N3O2. The maximum Gasteiger partial charge on any atom is 0.412 e. The minimum atomic E-state index is -0.521. The SMILES string of the molecule is C[C@@H]1CC(c2ccncc2NC(=O)OC(C)(C)C)C[C@H](C)C1N. The maximum absolute atomic E-state index is 12.1. The zero-order chi connectivity index (χ0) is 17.2. The molecule has 5 nitrogen and oxygen atoms in total. The topological polar surface area (TPSA) is 77.2 Å². The van der Waals surface area contributed by atoms with Crippen LogP contribution in [0.2, 0.25) is 0 Å². The molecule has 128 valence electrons. The summed E-state index contributed by atoms with van der Waals surface area (Å²) < 4.78 is 5.35. The molecule has 0 radical (unpaired) electrons. The highest BCUT2D eigenvalue weighted by molar-refractivity contribution is 5.85. The summed E-state index contributed by atoms with van der Waals surface area (Å²) in [6.07, 6.45) is 5.08. The summed E-state index contributed by atoms with van der Waals surface area (Å²) >= 11 is 0. The fraction of sp³-hybridized carbons (Fsp3) is 0.667. The van der Waals surface area contributed by atoms with E-state index in [1.807, 2.05) is 26.8 Å². The van der Waals surface area contributed by atoms with Crippen LogP contribution in [-0.2, 0) is 4.74 Å². The average Bonchev–Trinajstić information content (AvgIpc) is 2.42. The van der Waals surface area contributed by atoms with E-state index >= 15 is 0 Å². The summed E-state index contributed by atoms with van der Waals surface area (Å²) in [4.78, 5) is 16.2. The Morgan fingerprint density at radius 3 is 2.48 bits per heavy atom. The molecule has 1 saturated carbocycles. The second-order valence-electron chi connectivity index (χ2n) is 7.79. The number of nitrogens with one attached hydrogen (secondary N) is 1. The van der Waals surface area contributed by atoms with Crippen molar-refractivity contribution in [3.8, 4) is 0 Å². The molecule has 3 N–H and O–H groups in total. The third-order valence-electron chi connectivity index (χ3n) is 4.56. The van der Waals surface area contributed by atoms with Gasteiger partial charge in [-0.3, -0.25) is 10.3 Å². The summed E-state index contributed by atoms with van der Waals surface area (Å²) in [7, 11) is 0. The van der Waals surface area contributed by atoms with Gasteiger partial charge in [-0.1, -0.05) is 13.8 Å². The molecule has 1 aromatic rings. The van der Waals surface area contributed by atoms with Crippen LogP contribution < -0.4 is 11.1 Å². The van der Waals surface area contributed by atoms with Gasteiger partial charge in [-0.2, -0.15) is 0 Å². The van der Waals surface area contributed by atoms with E-state index in [1.165, 1.54) is 0 Å². The molecule has 1 fully saturated rings. The number of nitrogens with two attached hydrogens (primary N) is 1. The number of carbonyl (C=O) groups is 1. The van der Waals surface area contributed by atoms with Crippen LogP contribution in [0.3, 0.4) is 0 Å². The summed E-state index contributed by atoms with van der Waals surface area (Å²) in [5.74, 6) is 1.31. The summed E-state index contributed by atoms with van der Waals surface area (Å²) in [5, 5.41) is 2.85. The van der Waals surface area contributed by atoms with Gasteiger partial charge in [0.2, 0.25) is 0 Å². The predicted molar refractivity (Wildman–Crippen MR) is 92.4 cm³/mol. The van der Waals surface area contributed by atoms with Gasteiger partial charge in [-0.15, -0.1) is 0 Å². The molecular weight excluding hydrogens is 290 g/mol. The lowest BCUT2D eigenvalue weighted by Gasteiger charge is -2.37. The number of amides is 1. The van der Waals surface area contributed by atoms with Crippen LogP contribution in [0, 0.1) is 11.8 Å². The number of aromatic nitrogens is 1. The maximum atomic E-state index is 12.1. The summed E-state index contributed by atoms with van der Waals surface area (Å²) in [6, 6.07) is 2.24. The van der Waals surface area contributed by atoms with Crippen molar-refractivity contribution in [1.82, 2.24) is 4.98 Å². The van der Waals surface area contributed by atoms with E-state index in [1.54, 1.807) is 12.4 Å². The van der Waals surface area contributed by atoms with Gasteiger partial charge >= 0.3 is 6.09 Å². The molecule has 0 aliphatic heterocycles. The number of ether oxygens (including phenoxy) is 1. The molecule has 1 heterocycles. The van der Waals surface area contributed by atoms with Crippen molar-refractivity contribution in [2.75, 3.05) is 5.32 Å². The van der Waals surface area contributed by atoms with E-state index in [4.69, 9.17) is 10.5 Å². The van der Waals surface area contributed by atoms with Gasteiger partial charge in [0.05, 0.1) is 11.9 Å². The average molecular weight is 319 g/mol. The minimum Gasteiger partial charge on any atom is -0.444 e. The Hall–Kier alpha value is -1.62. The third kappa shape index (κ3) is 4.67. The summed E-state index contributed by atoms with van der Waals surface area (Å²) in [5.41, 5.74) is 7.59. The van der Waals surface area contributed by atoms with Crippen molar-refractivity contribution < 1.29 is 9.53 Å². The van der Waals surface area contributed by atoms with Gasteiger partial charge in [-0.05, 0) is 63.0 Å². The lowest BCUT2D eigenvalue weighted by atomic mass is 9.71. The molecule has 0 saturated heterocycles. The first-order valence-electron chi connectivity index (χ1n) is 8.37. The first-order chi connectivity index (χ1) is 10.7. The highest BCUT2D eigenvalue weighted by atomic mass is 16.6. The van der Waals surface area contributed by atoms with Gasteiger partial charge < -0.3 is 10.5 Å². The Bertz CT molecular complexity index is 541. The fourth-order valence-electron chi connectivity index (χ4n) is 3.40.